The van der Waals surface area contributed by atoms with Crippen LogP contribution in [-0.4, -0.2) is 16.1 Å². The van der Waals surface area contributed by atoms with Gasteiger partial charge in [-0.3, -0.25) is 8.90 Å². The molecule has 0 bridgehead atoms. The summed E-state index contributed by atoms with van der Waals surface area (Å²) in [7, 11) is -1.98. The summed E-state index contributed by atoms with van der Waals surface area (Å²) >= 11 is 0. The lowest BCUT2D eigenvalue weighted by molar-refractivity contribution is -0.132. The van der Waals surface area contributed by atoms with E-state index < -0.39 is 16.1 Å². The summed E-state index contributed by atoms with van der Waals surface area (Å²) < 4.78 is 14.8. The van der Waals surface area contributed by atoms with Crippen LogP contribution in [-0.2, 0) is 9.22 Å². The molecule has 0 atom stereocenters. The fraction of sp³-hybridized carbons (Fsp3) is 0.500. The molecule has 0 spiro atoms. The fourth-order valence-electron chi connectivity index (χ4n) is 0.0768. The number of halogens is 1. The van der Waals surface area contributed by atoms with E-state index in [2.05, 4.69) is 4.43 Å². The van der Waals surface area contributed by atoms with Crippen molar-refractivity contribution in [2.24, 2.45) is 0 Å². The standard InChI is InChI=1S/C2H5FO2Si/c1-2(4)5-6-3/h6H2,1H3. The highest BCUT2D eigenvalue weighted by atomic mass is 28.3. The zero-order chi connectivity index (χ0) is 4.99. The molecule has 0 saturated carbocycles. The normalized spacial score (nSPS) is 9.67. The molecule has 0 unspecified atom stereocenters. The van der Waals surface area contributed by atoms with Gasteiger partial charge < -0.3 is 4.43 Å². The van der Waals surface area contributed by atoms with Crippen molar-refractivity contribution in [3.63, 3.8) is 0 Å². The summed E-state index contributed by atoms with van der Waals surface area (Å²) in [5, 5.41) is 0. The van der Waals surface area contributed by atoms with Crippen molar-refractivity contribution in [1.29, 1.82) is 0 Å². The Kier molecular flexibility index (Phi) is 2.65. The highest BCUT2D eigenvalue weighted by Crippen LogP contribution is 1.68. The Morgan fingerprint density at radius 3 is 2.50 bits per heavy atom. The van der Waals surface area contributed by atoms with E-state index in [1.807, 2.05) is 0 Å². The van der Waals surface area contributed by atoms with Crippen LogP contribution in [0.3, 0.4) is 0 Å². The zero-order valence-corrected chi connectivity index (χ0v) is 4.82. The number of rotatable bonds is 1. The zero-order valence-electron chi connectivity index (χ0n) is 3.40. The lowest BCUT2D eigenvalue weighted by Crippen LogP contribution is -1.97. The molecule has 0 aliphatic heterocycles. The minimum Gasteiger partial charge on any atom is -0.496 e. The third kappa shape index (κ3) is 3.62. The minimum absolute atomic E-state index is 0.524. The maximum Gasteiger partial charge on any atom is 0.411 e. The van der Waals surface area contributed by atoms with Crippen molar-refractivity contribution in [2.45, 2.75) is 6.92 Å². The van der Waals surface area contributed by atoms with Gasteiger partial charge >= 0.3 is 10.1 Å². The van der Waals surface area contributed by atoms with Crippen molar-refractivity contribution in [3.05, 3.63) is 0 Å². The molecule has 0 heterocycles. The monoisotopic (exact) mass is 108 g/mol. The second kappa shape index (κ2) is 2.83. The van der Waals surface area contributed by atoms with E-state index in [0.717, 1.165) is 0 Å². The van der Waals surface area contributed by atoms with Gasteiger partial charge in [-0.25, -0.2) is 0 Å². The highest BCUT2D eigenvalue weighted by molar-refractivity contribution is 6.21. The van der Waals surface area contributed by atoms with E-state index >= 15 is 0 Å². The van der Waals surface area contributed by atoms with Crippen molar-refractivity contribution in [1.82, 2.24) is 0 Å². The first-order chi connectivity index (χ1) is 2.77. The van der Waals surface area contributed by atoms with E-state index in [0.29, 0.717) is 0 Å². The Balaban J connectivity index is 2.83. The Morgan fingerprint density at radius 1 is 2.00 bits per heavy atom. The molecule has 0 aliphatic carbocycles. The van der Waals surface area contributed by atoms with Crippen LogP contribution in [0.25, 0.3) is 0 Å². The van der Waals surface area contributed by atoms with Gasteiger partial charge in [0.25, 0.3) is 5.97 Å². The summed E-state index contributed by atoms with van der Waals surface area (Å²) in [4.78, 5) is 9.62. The van der Waals surface area contributed by atoms with Gasteiger partial charge in [-0.1, -0.05) is 0 Å². The smallest absolute Gasteiger partial charge is 0.411 e. The molecule has 0 amide bonds. The van der Waals surface area contributed by atoms with E-state index in [9.17, 15) is 8.90 Å². The van der Waals surface area contributed by atoms with Gasteiger partial charge in [0.1, 0.15) is 0 Å². The van der Waals surface area contributed by atoms with Gasteiger partial charge in [-0.05, 0) is 0 Å². The SMILES string of the molecule is CC(=O)O[SiH2]F. The quantitative estimate of drug-likeness (QED) is 0.335. The first-order valence-corrected chi connectivity index (χ1v) is 2.58. The molecule has 0 aromatic rings. The van der Waals surface area contributed by atoms with Gasteiger partial charge in [0.2, 0.25) is 0 Å². The lowest BCUT2D eigenvalue weighted by Gasteiger charge is -1.86. The highest BCUT2D eigenvalue weighted by Gasteiger charge is 1.85. The van der Waals surface area contributed by atoms with Crippen LogP contribution in [0.2, 0.25) is 0 Å². The first-order valence-electron chi connectivity index (χ1n) is 1.46. The Morgan fingerprint density at radius 2 is 2.50 bits per heavy atom. The van der Waals surface area contributed by atoms with E-state index in [-0.39, 0.29) is 0 Å². The van der Waals surface area contributed by atoms with E-state index in [1.54, 1.807) is 0 Å². The number of carbonyl (C=O) groups excluding carboxylic acids is 1. The molecule has 0 fully saturated rings. The second-order valence-electron chi connectivity index (χ2n) is 0.745. The molecule has 0 aromatic carbocycles. The first kappa shape index (κ1) is 5.62. The van der Waals surface area contributed by atoms with E-state index in [4.69, 9.17) is 0 Å². The number of hydrogen-bond acceptors (Lipinski definition) is 2. The number of hydrogen-bond donors (Lipinski definition) is 0. The van der Waals surface area contributed by atoms with Crippen molar-refractivity contribution >= 4 is 16.1 Å². The van der Waals surface area contributed by atoms with Crippen molar-refractivity contribution < 1.29 is 13.3 Å². The molecule has 0 radical (unpaired) electrons. The predicted octanol–water partition coefficient (Wildman–Crippen LogP) is -0.482. The van der Waals surface area contributed by atoms with Crippen LogP contribution in [0.4, 0.5) is 4.11 Å². The fourth-order valence-corrected chi connectivity index (χ4v) is 0.230. The second-order valence-corrected chi connectivity index (χ2v) is 1.25. The van der Waals surface area contributed by atoms with Gasteiger partial charge in [0, 0.05) is 6.92 Å². The molecule has 36 valence electrons. The Labute approximate surface area is 37.4 Å². The van der Waals surface area contributed by atoms with Crippen molar-refractivity contribution in [3.8, 4) is 0 Å². The molecule has 2 nitrogen and oxygen atoms in total. The van der Waals surface area contributed by atoms with Crippen LogP contribution in [0.15, 0.2) is 0 Å². The van der Waals surface area contributed by atoms with Crippen LogP contribution in [0, 0.1) is 0 Å². The Bertz CT molecular complexity index is 55.5. The molecule has 0 aromatic heterocycles. The maximum atomic E-state index is 10.9. The summed E-state index contributed by atoms with van der Waals surface area (Å²) in [6, 6.07) is 0. The molecule has 0 aliphatic rings. The molecular formula is C2H5FO2Si. The van der Waals surface area contributed by atoms with Crippen LogP contribution >= 0.6 is 0 Å². The molecule has 0 N–H and O–H groups in total. The van der Waals surface area contributed by atoms with Crippen LogP contribution in [0.5, 0.6) is 0 Å². The summed E-state index contributed by atoms with van der Waals surface area (Å²) in [5.74, 6) is -0.524. The van der Waals surface area contributed by atoms with Gasteiger partial charge in [-0.15, -0.1) is 0 Å². The predicted molar refractivity (Wildman–Crippen MR) is 21.4 cm³/mol. The topological polar surface area (TPSA) is 26.3 Å². The Hall–Kier alpha value is -0.383. The summed E-state index contributed by atoms with van der Waals surface area (Å²) in [5.41, 5.74) is 0. The molecule has 4 heteroatoms. The maximum absolute atomic E-state index is 10.9. The largest absolute Gasteiger partial charge is 0.496 e. The third-order valence-electron chi connectivity index (χ3n) is 0.258. The average molecular weight is 108 g/mol. The molecular weight excluding hydrogens is 103 g/mol. The van der Waals surface area contributed by atoms with E-state index in [1.165, 1.54) is 6.92 Å². The number of carbonyl (C=O) groups is 1. The molecule has 0 rings (SSSR count). The van der Waals surface area contributed by atoms with Gasteiger partial charge in [0.05, 0.1) is 0 Å². The summed E-state index contributed by atoms with van der Waals surface area (Å²) in [6.07, 6.45) is 0. The minimum atomic E-state index is -1.98. The third-order valence-corrected chi connectivity index (χ3v) is 0.773. The average Bonchev–Trinajstić information content (AvgIpc) is 1.35. The molecule has 0 saturated heterocycles. The summed E-state index contributed by atoms with van der Waals surface area (Å²) in [6.45, 7) is 1.19. The molecule has 6 heavy (non-hydrogen) atoms. The van der Waals surface area contributed by atoms with Crippen molar-refractivity contribution in [2.75, 3.05) is 0 Å². The van der Waals surface area contributed by atoms with Crippen LogP contribution < -0.4 is 0 Å². The van der Waals surface area contributed by atoms with Gasteiger partial charge in [0.15, 0.2) is 0 Å². The van der Waals surface area contributed by atoms with Gasteiger partial charge in [-0.2, -0.15) is 0 Å². The van der Waals surface area contributed by atoms with Crippen LogP contribution in [0.1, 0.15) is 6.92 Å². The lowest BCUT2D eigenvalue weighted by atomic mass is 10.9.